The van der Waals surface area contributed by atoms with Crippen molar-refractivity contribution in [3.8, 4) is 0 Å². The molecule has 1 amide bonds. The van der Waals surface area contributed by atoms with Crippen LogP contribution >= 0.6 is 0 Å². The Labute approximate surface area is 227 Å². The first-order chi connectivity index (χ1) is 17.8. The maximum atomic E-state index is 14.4. The minimum absolute atomic E-state index is 0.0218. The summed E-state index contributed by atoms with van der Waals surface area (Å²) in [6.07, 6.45) is 3.08. The topological polar surface area (TPSA) is 69.1 Å². The van der Waals surface area contributed by atoms with Gasteiger partial charge in [0, 0.05) is 56.6 Å². The van der Waals surface area contributed by atoms with Crippen LogP contribution in [-0.2, 0) is 33.7 Å². The molecular formula is C28H48F2N4O4. The Morgan fingerprint density at radius 2 is 1.68 bits per heavy atom. The Kier molecular flexibility index (Phi) is 10.2. The fourth-order valence-electron chi connectivity index (χ4n) is 5.56. The summed E-state index contributed by atoms with van der Waals surface area (Å²) in [4.78, 5) is 16.0. The lowest BCUT2D eigenvalue weighted by atomic mass is 9.69. The Balaban J connectivity index is 1.70. The van der Waals surface area contributed by atoms with Gasteiger partial charge in [-0.25, -0.2) is 13.6 Å². The molecule has 8 nitrogen and oxygen atoms in total. The molecule has 0 radical (unpaired) electrons. The lowest BCUT2D eigenvalue weighted by molar-refractivity contribution is -0.0396. The fourth-order valence-corrected chi connectivity index (χ4v) is 5.56. The second kappa shape index (κ2) is 12.6. The van der Waals surface area contributed by atoms with E-state index in [4.69, 9.17) is 14.2 Å². The summed E-state index contributed by atoms with van der Waals surface area (Å²) in [6.45, 7) is 13.5. The predicted molar refractivity (Wildman–Crippen MR) is 143 cm³/mol. The van der Waals surface area contributed by atoms with E-state index >= 15 is 0 Å². The van der Waals surface area contributed by atoms with Crippen LogP contribution in [0.1, 0.15) is 83.2 Å². The molecule has 1 aromatic rings. The van der Waals surface area contributed by atoms with E-state index in [1.54, 1.807) is 11.9 Å². The largest absolute Gasteiger partial charge is 0.444 e. The smallest absolute Gasteiger partial charge is 0.410 e. The number of rotatable bonds is 12. The highest BCUT2D eigenvalue weighted by atomic mass is 19.3. The molecule has 0 aromatic carbocycles. The molecule has 2 aliphatic rings. The monoisotopic (exact) mass is 542 g/mol. The quantitative estimate of drug-likeness (QED) is 0.367. The van der Waals surface area contributed by atoms with Crippen molar-refractivity contribution in [3.05, 3.63) is 17.0 Å². The highest BCUT2D eigenvalue weighted by molar-refractivity contribution is 5.67. The van der Waals surface area contributed by atoms with Crippen LogP contribution in [0.2, 0.25) is 0 Å². The van der Waals surface area contributed by atoms with Gasteiger partial charge in [0.2, 0.25) is 0 Å². The maximum Gasteiger partial charge on any atom is 0.410 e. The highest BCUT2D eigenvalue weighted by Crippen LogP contribution is 2.47. The van der Waals surface area contributed by atoms with Gasteiger partial charge in [0.05, 0.1) is 25.3 Å². The molecule has 1 aliphatic heterocycles. The number of fused-ring (bicyclic) bond motifs is 1. The fraction of sp³-hybridized carbons (Fsp3) is 0.857. The van der Waals surface area contributed by atoms with Gasteiger partial charge in [0.25, 0.3) is 5.92 Å². The third-order valence-corrected chi connectivity index (χ3v) is 7.60. The summed E-state index contributed by atoms with van der Waals surface area (Å²) < 4.78 is 47.4. The van der Waals surface area contributed by atoms with E-state index in [9.17, 15) is 13.6 Å². The Bertz CT molecular complexity index is 913. The lowest BCUT2D eigenvalue weighted by Gasteiger charge is -2.40. The third-order valence-electron chi connectivity index (χ3n) is 7.60. The summed E-state index contributed by atoms with van der Waals surface area (Å²) in [6, 6.07) is 0. The molecule has 1 saturated carbocycles. The summed E-state index contributed by atoms with van der Waals surface area (Å²) >= 11 is 0. The molecule has 38 heavy (non-hydrogen) atoms. The van der Waals surface area contributed by atoms with Gasteiger partial charge in [-0.3, -0.25) is 9.58 Å². The average molecular weight is 543 g/mol. The molecule has 218 valence electrons. The van der Waals surface area contributed by atoms with Crippen LogP contribution in [0.3, 0.4) is 0 Å². The minimum Gasteiger partial charge on any atom is -0.444 e. The van der Waals surface area contributed by atoms with Gasteiger partial charge in [0.15, 0.2) is 0 Å². The number of nitrogens with zero attached hydrogens (tertiary/aromatic N) is 4. The van der Waals surface area contributed by atoms with E-state index in [0.717, 1.165) is 36.9 Å². The number of aromatic nitrogens is 2. The van der Waals surface area contributed by atoms with Crippen molar-refractivity contribution in [2.45, 2.75) is 97.3 Å². The van der Waals surface area contributed by atoms with Crippen LogP contribution in [0.4, 0.5) is 13.6 Å². The zero-order valence-electron chi connectivity index (χ0n) is 24.4. The summed E-state index contributed by atoms with van der Waals surface area (Å²) in [7, 11) is 3.70. The molecule has 0 spiro atoms. The van der Waals surface area contributed by atoms with Crippen LogP contribution in [0.25, 0.3) is 0 Å². The molecule has 1 aromatic heterocycles. The van der Waals surface area contributed by atoms with Crippen molar-refractivity contribution < 1.29 is 27.8 Å². The number of ether oxygens (including phenoxy) is 3. The van der Waals surface area contributed by atoms with Gasteiger partial charge in [-0.1, -0.05) is 0 Å². The Morgan fingerprint density at radius 3 is 2.24 bits per heavy atom. The summed E-state index contributed by atoms with van der Waals surface area (Å²) in [5.41, 5.74) is 2.01. The number of carbonyl (C=O) groups is 1. The van der Waals surface area contributed by atoms with Gasteiger partial charge in [-0.15, -0.1) is 0 Å². The van der Waals surface area contributed by atoms with Crippen molar-refractivity contribution in [3.63, 3.8) is 0 Å². The van der Waals surface area contributed by atoms with Crippen LogP contribution in [0.15, 0.2) is 0 Å². The summed E-state index contributed by atoms with van der Waals surface area (Å²) in [5.74, 6) is -2.56. The zero-order chi connectivity index (χ0) is 28.1. The van der Waals surface area contributed by atoms with Crippen LogP contribution < -0.4 is 0 Å². The molecule has 2 heterocycles. The molecule has 0 saturated heterocycles. The Morgan fingerprint density at radius 1 is 1.08 bits per heavy atom. The molecule has 0 bridgehead atoms. The van der Waals surface area contributed by atoms with E-state index in [1.165, 1.54) is 4.68 Å². The van der Waals surface area contributed by atoms with E-state index in [2.05, 4.69) is 10.00 Å². The van der Waals surface area contributed by atoms with Crippen LogP contribution in [0.5, 0.6) is 0 Å². The van der Waals surface area contributed by atoms with Crippen molar-refractivity contribution in [2.24, 2.45) is 5.41 Å². The molecule has 0 N–H and O–H groups in total. The van der Waals surface area contributed by atoms with Crippen molar-refractivity contribution >= 4 is 6.09 Å². The first-order valence-corrected chi connectivity index (χ1v) is 14.0. The number of hydrogen-bond acceptors (Lipinski definition) is 6. The van der Waals surface area contributed by atoms with E-state index < -0.39 is 11.5 Å². The molecule has 1 aliphatic carbocycles. The normalized spacial score (nSPS) is 19.1. The third kappa shape index (κ3) is 8.11. The van der Waals surface area contributed by atoms with E-state index in [-0.39, 0.29) is 30.4 Å². The molecule has 3 rings (SSSR count). The second-order valence-corrected chi connectivity index (χ2v) is 12.2. The van der Waals surface area contributed by atoms with Crippen LogP contribution in [0, 0.1) is 5.41 Å². The van der Waals surface area contributed by atoms with Gasteiger partial charge in [-0.05, 0) is 73.3 Å². The number of carbonyl (C=O) groups excluding carboxylic acids is 1. The van der Waals surface area contributed by atoms with Gasteiger partial charge in [-0.2, -0.15) is 5.10 Å². The second-order valence-electron chi connectivity index (χ2n) is 12.2. The van der Waals surface area contributed by atoms with E-state index in [0.29, 0.717) is 51.8 Å². The van der Waals surface area contributed by atoms with Crippen molar-refractivity contribution in [2.75, 3.05) is 53.6 Å². The molecule has 1 fully saturated rings. The molecule has 0 atom stereocenters. The average Bonchev–Trinajstić information content (AvgIpc) is 3.30. The molecule has 0 unspecified atom stereocenters. The first kappa shape index (κ1) is 30.8. The number of hydrogen-bond donors (Lipinski definition) is 0. The Hall–Kier alpha value is -1.78. The van der Waals surface area contributed by atoms with Crippen LogP contribution in [-0.4, -0.2) is 90.8 Å². The maximum absolute atomic E-state index is 14.4. The van der Waals surface area contributed by atoms with Crippen molar-refractivity contribution in [1.29, 1.82) is 0 Å². The molecule has 10 heteroatoms. The standard InChI is InChI=1S/C28H48F2N4O4/c1-8-36-19-27(20-37-9-2)12-10-21(11-13-27)24-22(31-34-18-28(29,30)16-23(24)34)17-32(6)14-15-33(7)25(35)38-26(3,4)5/h21H,8-20H2,1-7H3. The molecular weight excluding hydrogens is 494 g/mol. The van der Waals surface area contributed by atoms with Gasteiger partial charge in [0.1, 0.15) is 12.1 Å². The van der Waals surface area contributed by atoms with Crippen molar-refractivity contribution in [1.82, 2.24) is 19.6 Å². The van der Waals surface area contributed by atoms with E-state index in [1.807, 2.05) is 41.7 Å². The summed E-state index contributed by atoms with van der Waals surface area (Å²) in [5, 5.41) is 4.69. The predicted octanol–water partition coefficient (Wildman–Crippen LogP) is 5.09. The minimum atomic E-state index is -2.75. The SMILES string of the molecule is CCOCC1(COCC)CCC(c2c(CN(C)CCN(C)C(=O)OC(C)(C)C)nn3c2CC(F)(F)C3)CC1. The first-order valence-electron chi connectivity index (χ1n) is 14.0. The van der Waals surface area contributed by atoms with Gasteiger partial charge < -0.3 is 19.1 Å². The van der Waals surface area contributed by atoms with Gasteiger partial charge >= 0.3 is 6.09 Å². The highest BCUT2D eigenvalue weighted by Gasteiger charge is 2.44. The number of likely N-dealkylation sites (N-methyl/N-ethyl adjacent to an activating group) is 2. The number of alkyl halides is 2. The lowest BCUT2D eigenvalue weighted by Crippen LogP contribution is -2.38. The number of amides is 1. The number of halogens is 2. The zero-order valence-corrected chi connectivity index (χ0v) is 24.4.